The minimum absolute atomic E-state index is 0.0280. The highest BCUT2D eigenvalue weighted by molar-refractivity contribution is 8.01. The van der Waals surface area contributed by atoms with Crippen LogP contribution < -0.4 is 16.8 Å². The zero-order valence-corrected chi connectivity index (χ0v) is 13.9. The number of nitrogens with two attached hydrogens (primary N) is 2. The lowest BCUT2D eigenvalue weighted by Crippen LogP contribution is -2.23. The van der Waals surface area contributed by atoms with Gasteiger partial charge in [-0.25, -0.2) is 0 Å². The van der Waals surface area contributed by atoms with Gasteiger partial charge in [0.05, 0.1) is 17.0 Å². The summed E-state index contributed by atoms with van der Waals surface area (Å²) in [6.07, 6.45) is 0. The Morgan fingerprint density at radius 3 is 2.67 bits per heavy atom. The lowest BCUT2D eigenvalue weighted by Gasteiger charge is -2.09. The summed E-state index contributed by atoms with van der Waals surface area (Å²) in [5.41, 5.74) is 11.1. The number of aromatic nitrogens is 2. The second-order valence-electron chi connectivity index (χ2n) is 4.31. The highest BCUT2D eigenvalue weighted by atomic mass is 32.2. The van der Waals surface area contributed by atoms with Crippen molar-refractivity contribution in [1.82, 2.24) is 10.2 Å². The number of anilines is 2. The molecule has 0 spiro atoms. The van der Waals surface area contributed by atoms with E-state index in [0.717, 1.165) is 23.1 Å². The van der Waals surface area contributed by atoms with Crippen LogP contribution in [-0.2, 0) is 14.3 Å². The Morgan fingerprint density at radius 1 is 1.25 bits per heavy atom. The third kappa shape index (κ3) is 5.21. The van der Waals surface area contributed by atoms with Crippen LogP contribution in [0.5, 0.6) is 0 Å². The van der Waals surface area contributed by atoms with Crippen LogP contribution in [0.1, 0.15) is 10.4 Å². The molecule has 1 aromatic carbocycles. The van der Waals surface area contributed by atoms with E-state index in [9.17, 15) is 14.4 Å². The zero-order chi connectivity index (χ0) is 17.5. The van der Waals surface area contributed by atoms with E-state index in [2.05, 4.69) is 15.5 Å². The van der Waals surface area contributed by atoms with Crippen molar-refractivity contribution in [2.24, 2.45) is 5.73 Å². The first-order chi connectivity index (χ1) is 11.5. The molecule has 5 N–H and O–H groups in total. The van der Waals surface area contributed by atoms with Gasteiger partial charge in [0.2, 0.25) is 5.13 Å². The molecule has 11 heteroatoms. The number of para-hydroxylation sites is 1. The highest BCUT2D eigenvalue weighted by Gasteiger charge is 2.13. The number of nitrogens with one attached hydrogen (secondary N) is 1. The molecule has 1 heterocycles. The monoisotopic (exact) mass is 367 g/mol. The standard InChI is InChI=1S/C13H13N5O4S2/c14-11(21)7-3-1-2-4-8(7)16-9(19)5-22-10(20)6-23-13-18-17-12(15)24-13/h1-4H,5-6H2,(H2,14,21)(H2,15,17)(H,16,19). The Bertz CT molecular complexity index is 764. The first kappa shape index (κ1) is 17.7. The molecule has 126 valence electrons. The SMILES string of the molecule is NC(=O)c1ccccc1NC(=O)COC(=O)CSc1nnc(N)s1. The van der Waals surface area contributed by atoms with Gasteiger partial charge in [0.15, 0.2) is 10.9 Å². The van der Waals surface area contributed by atoms with Crippen LogP contribution in [0.2, 0.25) is 0 Å². The number of hydrogen-bond acceptors (Lipinski definition) is 9. The van der Waals surface area contributed by atoms with Gasteiger partial charge in [0.1, 0.15) is 0 Å². The van der Waals surface area contributed by atoms with E-state index in [1.54, 1.807) is 12.1 Å². The van der Waals surface area contributed by atoms with Crippen LogP contribution in [0, 0.1) is 0 Å². The maximum absolute atomic E-state index is 11.8. The Balaban J connectivity index is 1.78. The minimum Gasteiger partial charge on any atom is -0.455 e. The normalized spacial score (nSPS) is 10.2. The van der Waals surface area contributed by atoms with Gasteiger partial charge in [0.25, 0.3) is 11.8 Å². The third-order valence-electron chi connectivity index (χ3n) is 2.57. The zero-order valence-electron chi connectivity index (χ0n) is 12.2. The molecule has 0 aliphatic carbocycles. The van der Waals surface area contributed by atoms with Crippen LogP contribution in [0.15, 0.2) is 28.6 Å². The molecule has 0 radical (unpaired) electrons. The molecule has 24 heavy (non-hydrogen) atoms. The molecule has 0 fully saturated rings. The van der Waals surface area contributed by atoms with Gasteiger partial charge in [-0.1, -0.05) is 35.2 Å². The average molecular weight is 367 g/mol. The fourth-order valence-corrected chi connectivity index (χ4v) is 3.01. The van der Waals surface area contributed by atoms with E-state index >= 15 is 0 Å². The van der Waals surface area contributed by atoms with Gasteiger partial charge < -0.3 is 21.5 Å². The van der Waals surface area contributed by atoms with Crippen LogP contribution in [0.4, 0.5) is 10.8 Å². The lowest BCUT2D eigenvalue weighted by molar-refractivity contribution is -0.144. The lowest BCUT2D eigenvalue weighted by atomic mass is 10.1. The Morgan fingerprint density at radius 2 is 2.00 bits per heavy atom. The van der Waals surface area contributed by atoms with Crippen LogP contribution in [0.25, 0.3) is 0 Å². The van der Waals surface area contributed by atoms with Crippen molar-refractivity contribution < 1.29 is 19.1 Å². The van der Waals surface area contributed by atoms with Crippen molar-refractivity contribution in [3.05, 3.63) is 29.8 Å². The summed E-state index contributed by atoms with van der Waals surface area (Å²) < 4.78 is 5.37. The van der Waals surface area contributed by atoms with E-state index in [4.69, 9.17) is 16.2 Å². The van der Waals surface area contributed by atoms with Crippen LogP contribution >= 0.6 is 23.1 Å². The van der Waals surface area contributed by atoms with Gasteiger partial charge in [-0.2, -0.15) is 0 Å². The van der Waals surface area contributed by atoms with Crippen molar-refractivity contribution in [3.63, 3.8) is 0 Å². The first-order valence-corrected chi connectivity index (χ1v) is 8.32. The molecule has 0 unspecified atom stereocenters. The van der Waals surface area contributed by atoms with E-state index < -0.39 is 24.4 Å². The van der Waals surface area contributed by atoms with Gasteiger partial charge in [-0.3, -0.25) is 14.4 Å². The third-order valence-corrected chi connectivity index (χ3v) is 4.43. The predicted octanol–water partition coefficient (Wildman–Crippen LogP) is 0.493. The number of benzene rings is 1. The summed E-state index contributed by atoms with van der Waals surface area (Å²) in [5, 5.41) is 10.1. The van der Waals surface area contributed by atoms with E-state index in [-0.39, 0.29) is 17.0 Å². The predicted molar refractivity (Wildman–Crippen MR) is 89.6 cm³/mol. The summed E-state index contributed by atoms with van der Waals surface area (Å²) in [6.45, 7) is -0.481. The van der Waals surface area contributed by atoms with Crippen molar-refractivity contribution in [3.8, 4) is 0 Å². The highest BCUT2D eigenvalue weighted by Crippen LogP contribution is 2.23. The summed E-state index contributed by atoms with van der Waals surface area (Å²) >= 11 is 2.26. The smallest absolute Gasteiger partial charge is 0.316 e. The van der Waals surface area contributed by atoms with E-state index in [1.807, 2.05) is 0 Å². The number of nitrogen functional groups attached to an aromatic ring is 1. The molecular formula is C13H13N5O4S2. The van der Waals surface area contributed by atoms with Gasteiger partial charge >= 0.3 is 5.97 Å². The summed E-state index contributed by atoms with van der Waals surface area (Å²) in [7, 11) is 0. The molecule has 2 rings (SSSR count). The Hall–Kier alpha value is -2.66. The van der Waals surface area contributed by atoms with Gasteiger partial charge in [-0.15, -0.1) is 10.2 Å². The maximum atomic E-state index is 11.8. The quantitative estimate of drug-likeness (QED) is 0.472. The molecule has 0 atom stereocenters. The molecule has 9 nitrogen and oxygen atoms in total. The molecule has 0 aliphatic rings. The van der Waals surface area contributed by atoms with Crippen molar-refractivity contribution in [1.29, 1.82) is 0 Å². The molecule has 0 saturated heterocycles. The van der Waals surface area contributed by atoms with Crippen LogP contribution in [-0.4, -0.2) is 40.3 Å². The molecule has 2 amide bonds. The first-order valence-electron chi connectivity index (χ1n) is 6.52. The topological polar surface area (TPSA) is 150 Å². The largest absolute Gasteiger partial charge is 0.455 e. The fourth-order valence-electron chi connectivity index (χ4n) is 1.58. The summed E-state index contributed by atoms with van der Waals surface area (Å²) in [5.74, 6) is -1.87. The van der Waals surface area contributed by atoms with Crippen molar-refractivity contribution in [2.75, 3.05) is 23.4 Å². The molecule has 0 saturated carbocycles. The molecule has 1 aromatic heterocycles. The van der Waals surface area contributed by atoms with E-state index in [0.29, 0.717) is 9.47 Å². The maximum Gasteiger partial charge on any atom is 0.316 e. The molecule has 0 aliphatic heterocycles. The van der Waals surface area contributed by atoms with Crippen molar-refractivity contribution >= 4 is 51.7 Å². The van der Waals surface area contributed by atoms with Gasteiger partial charge in [-0.05, 0) is 12.1 Å². The van der Waals surface area contributed by atoms with Gasteiger partial charge in [0, 0.05) is 0 Å². The number of hydrogen-bond donors (Lipinski definition) is 3. The van der Waals surface area contributed by atoms with E-state index in [1.165, 1.54) is 12.1 Å². The average Bonchev–Trinajstić information content (AvgIpc) is 2.97. The number of ether oxygens (including phenoxy) is 1. The molecule has 2 aromatic rings. The fraction of sp³-hybridized carbons (Fsp3) is 0.154. The number of esters is 1. The number of rotatable bonds is 7. The molecule has 0 bridgehead atoms. The number of carbonyl (C=O) groups excluding carboxylic acids is 3. The second-order valence-corrected chi connectivity index (χ2v) is 6.55. The number of carbonyl (C=O) groups is 3. The number of primary amides is 1. The Labute approximate surface area is 144 Å². The summed E-state index contributed by atoms with van der Waals surface area (Å²) in [4.78, 5) is 34.6. The Kier molecular flexibility index (Phi) is 6.09. The second kappa shape index (κ2) is 8.26. The van der Waals surface area contributed by atoms with Crippen molar-refractivity contribution in [2.45, 2.75) is 4.34 Å². The minimum atomic E-state index is -0.671. The van der Waals surface area contributed by atoms with Crippen LogP contribution in [0.3, 0.4) is 0 Å². The summed E-state index contributed by atoms with van der Waals surface area (Å²) in [6, 6.07) is 6.26. The number of nitrogens with zero attached hydrogens (tertiary/aromatic N) is 2. The number of thioether (sulfide) groups is 1. The molecular weight excluding hydrogens is 354 g/mol. The number of amides is 2.